The minimum absolute atomic E-state index is 0.132. The quantitative estimate of drug-likeness (QED) is 0.230. The standard InChI is InChI=1S/C29H28Cl2N4OS/c1-20-7-12-25(18-26(20)31)35-28(23-8-10-24(30)11-9-23)32-33-29(35)37-19-27(36)34-15-13-22(14-16-34)17-21-5-3-2-4-6-21/h2-12,18,22H,13-17,19H2,1H3. The Balaban J connectivity index is 1.29. The van der Waals surface area contributed by atoms with Crippen molar-refractivity contribution in [3.63, 3.8) is 0 Å². The highest BCUT2D eigenvalue weighted by molar-refractivity contribution is 7.99. The van der Waals surface area contributed by atoms with Crippen molar-refractivity contribution in [2.75, 3.05) is 18.8 Å². The number of benzene rings is 3. The van der Waals surface area contributed by atoms with Crippen LogP contribution in [-0.2, 0) is 11.2 Å². The summed E-state index contributed by atoms with van der Waals surface area (Å²) < 4.78 is 1.96. The minimum atomic E-state index is 0.132. The summed E-state index contributed by atoms with van der Waals surface area (Å²) in [5.74, 6) is 1.73. The van der Waals surface area contributed by atoms with Gasteiger partial charge < -0.3 is 4.90 Å². The highest BCUT2D eigenvalue weighted by Gasteiger charge is 2.24. The number of piperidine rings is 1. The molecule has 1 amide bonds. The van der Waals surface area contributed by atoms with Crippen LogP contribution in [0.25, 0.3) is 17.1 Å². The van der Waals surface area contributed by atoms with Gasteiger partial charge in [-0.2, -0.15) is 0 Å². The molecule has 0 atom stereocenters. The number of aryl methyl sites for hydroxylation is 1. The first-order valence-corrected chi connectivity index (χ1v) is 14.1. The normalized spacial score (nSPS) is 14.2. The van der Waals surface area contributed by atoms with Gasteiger partial charge >= 0.3 is 0 Å². The van der Waals surface area contributed by atoms with Gasteiger partial charge in [0.1, 0.15) is 0 Å². The molecule has 8 heteroatoms. The molecule has 1 fully saturated rings. The van der Waals surface area contributed by atoms with Crippen molar-refractivity contribution in [1.82, 2.24) is 19.7 Å². The molecule has 2 heterocycles. The van der Waals surface area contributed by atoms with Crippen LogP contribution in [0.2, 0.25) is 10.0 Å². The summed E-state index contributed by atoms with van der Waals surface area (Å²) in [7, 11) is 0. The molecular formula is C29H28Cl2N4OS. The third-order valence-electron chi connectivity index (χ3n) is 6.81. The average Bonchev–Trinajstić information content (AvgIpc) is 3.34. The van der Waals surface area contributed by atoms with E-state index in [2.05, 4.69) is 40.5 Å². The summed E-state index contributed by atoms with van der Waals surface area (Å²) in [6, 6.07) is 24.0. The van der Waals surface area contributed by atoms with Crippen molar-refractivity contribution < 1.29 is 4.79 Å². The van der Waals surface area contributed by atoms with Crippen LogP contribution in [0.5, 0.6) is 0 Å². The molecular weight excluding hydrogens is 523 g/mol. The lowest BCUT2D eigenvalue weighted by Gasteiger charge is -2.32. The second kappa shape index (κ2) is 11.7. The van der Waals surface area contributed by atoms with Crippen LogP contribution in [0.4, 0.5) is 0 Å². The summed E-state index contributed by atoms with van der Waals surface area (Å²) in [6.45, 7) is 3.57. The molecule has 1 aromatic heterocycles. The number of hydrogen-bond donors (Lipinski definition) is 0. The molecule has 0 unspecified atom stereocenters. The van der Waals surface area contributed by atoms with E-state index in [-0.39, 0.29) is 5.91 Å². The van der Waals surface area contributed by atoms with E-state index in [1.54, 1.807) is 0 Å². The lowest BCUT2D eigenvalue weighted by molar-refractivity contribution is -0.129. The van der Waals surface area contributed by atoms with E-state index in [9.17, 15) is 4.79 Å². The van der Waals surface area contributed by atoms with E-state index >= 15 is 0 Å². The van der Waals surface area contributed by atoms with Crippen LogP contribution >= 0.6 is 35.0 Å². The zero-order valence-corrected chi connectivity index (χ0v) is 22.9. The van der Waals surface area contributed by atoms with Gasteiger partial charge in [-0.15, -0.1) is 10.2 Å². The lowest BCUT2D eigenvalue weighted by atomic mass is 9.90. The SMILES string of the molecule is Cc1ccc(-n2c(SCC(=O)N3CCC(Cc4ccccc4)CC3)nnc2-c2ccc(Cl)cc2)cc1Cl. The number of halogens is 2. The fourth-order valence-corrected chi connectivity index (χ4v) is 5.81. The number of aromatic nitrogens is 3. The summed E-state index contributed by atoms with van der Waals surface area (Å²) in [4.78, 5) is 15.1. The molecule has 0 N–H and O–H groups in total. The Kier molecular flexibility index (Phi) is 8.18. The van der Waals surface area contributed by atoms with Gasteiger partial charge in [-0.1, -0.05) is 71.4 Å². The third-order valence-corrected chi connectivity index (χ3v) is 8.38. The Labute approximate surface area is 231 Å². The monoisotopic (exact) mass is 550 g/mol. The highest BCUT2D eigenvalue weighted by atomic mass is 35.5. The van der Waals surface area contributed by atoms with Crippen molar-refractivity contribution in [2.45, 2.75) is 31.3 Å². The summed E-state index contributed by atoms with van der Waals surface area (Å²) in [5, 5.41) is 10.9. The van der Waals surface area contributed by atoms with Crippen molar-refractivity contribution in [3.05, 3.63) is 94.0 Å². The molecule has 0 aliphatic carbocycles. The van der Waals surface area contributed by atoms with Crippen molar-refractivity contribution in [3.8, 4) is 17.1 Å². The van der Waals surface area contributed by atoms with Crippen molar-refractivity contribution >= 4 is 40.9 Å². The third kappa shape index (κ3) is 6.20. The van der Waals surface area contributed by atoms with E-state index in [1.807, 2.05) is 58.9 Å². The van der Waals surface area contributed by atoms with Crippen LogP contribution in [0.3, 0.4) is 0 Å². The van der Waals surface area contributed by atoms with Gasteiger partial charge in [0.05, 0.1) is 11.4 Å². The van der Waals surface area contributed by atoms with E-state index in [4.69, 9.17) is 23.2 Å². The minimum Gasteiger partial charge on any atom is -0.342 e. The molecule has 1 saturated heterocycles. The fourth-order valence-electron chi connectivity index (χ4n) is 4.65. The smallest absolute Gasteiger partial charge is 0.233 e. The topological polar surface area (TPSA) is 51.0 Å². The Bertz CT molecular complexity index is 1370. The average molecular weight is 552 g/mol. The van der Waals surface area contributed by atoms with Gasteiger partial charge in [-0.3, -0.25) is 9.36 Å². The first kappa shape index (κ1) is 25.8. The molecule has 0 bridgehead atoms. The van der Waals surface area contributed by atoms with E-state index < -0.39 is 0 Å². The maximum atomic E-state index is 13.1. The maximum Gasteiger partial charge on any atom is 0.233 e. The number of thioether (sulfide) groups is 1. The van der Waals surface area contributed by atoms with Crippen LogP contribution in [0.15, 0.2) is 78.0 Å². The number of hydrogen-bond acceptors (Lipinski definition) is 4. The van der Waals surface area contributed by atoms with Crippen molar-refractivity contribution in [1.29, 1.82) is 0 Å². The van der Waals surface area contributed by atoms with Gasteiger partial charge in [0.2, 0.25) is 5.91 Å². The van der Waals surface area contributed by atoms with Gasteiger partial charge in [-0.05, 0) is 79.6 Å². The number of amides is 1. The summed E-state index contributed by atoms with van der Waals surface area (Å²) in [6.07, 6.45) is 3.14. The molecule has 5 rings (SSSR count). The molecule has 0 saturated carbocycles. The lowest BCUT2D eigenvalue weighted by Crippen LogP contribution is -2.39. The molecule has 3 aromatic carbocycles. The second-order valence-electron chi connectivity index (χ2n) is 9.38. The van der Waals surface area contributed by atoms with E-state index in [0.29, 0.717) is 32.7 Å². The largest absolute Gasteiger partial charge is 0.342 e. The summed E-state index contributed by atoms with van der Waals surface area (Å²) in [5.41, 5.74) is 4.09. The molecule has 4 aromatic rings. The molecule has 5 nitrogen and oxygen atoms in total. The van der Waals surface area contributed by atoms with E-state index in [0.717, 1.165) is 49.2 Å². The number of likely N-dealkylation sites (tertiary alicyclic amines) is 1. The first-order valence-electron chi connectivity index (χ1n) is 12.4. The Morgan fingerprint density at radius 2 is 1.70 bits per heavy atom. The van der Waals surface area contributed by atoms with Gasteiger partial charge in [-0.25, -0.2) is 0 Å². The Hall–Kier alpha value is -2.80. The predicted molar refractivity (Wildman–Crippen MR) is 152 cm³/mol. The zero-order valence-electron chi connectivity index (χ0n) is 20.6. The van der Waals surface area contributed by atoms with Gasteiger partial charge in [0, 0.05) is 28.7 Å². The van der Waals surface area contributed by atoms with Crippen LogP contribution in [-0.4, -0.2) is 44.4 Å². The molecule has 1 aliphatic rings. The number of nitrogens with zero attached hydrogens (tertiary/aromatic N) is 4. The molecule has 190 valence electrons. The fraction of sp³-hybridized carbons (Fsp3) is 0.276. The number of rotatable bonds is 7. The van der Waals surface area contributed by atoms with Gasteiger partial charge in [0.15, 0.2) is 11.0 Å². The molecule has 1 aliphatic heterocycles. The Morgan fingerprint density at radius 3 is 2.41 bits per heavy atom. The van der Waals surface area contributed by atoms with Crippen LogP contribution < -0.4 is 0 Å². The van der Waals surface area contributed by atoms with Crippen LogP contribution in [0.1, 0.15) is 24.0 Å². The number of carbonyl (C=O) groups is 1. The predicted octanol–water partition coefficient (Wildman–Crippen LogP) is 7.12. The highest BCUT2D eigenvalue weighted by Crippen LogP contribution is 2.31. The van der Waals surface area contributed by atoms with Crippen LogP contribution in [0, 0.1) is 12.8 Å². The van der Waals surface area contributed by atoms with Gasteiger partial charge in [0.25, 0.3) is 0 Å². The summed E-state index contributed by atoms with van der Waals surface area (Å²) >= 11 is 14.0. The molecule has 37 heavy (non-hydrogen) atoms. The molecule has 0 radical (unpaired) electrons. The Morgan fingerprint density at radius 1 is 0.973 bits per heavy atom. The zero-order chi connectivity index (χ0) is 25.8. The first-order chi connectivity index (χ1) is 18.0. The number of carbonyl (C=O) groups excluding carboxylic acids is 1. The maximum absolute atomic E-state index is 13.1. The molecule has 0 spiro atoms. The van der Waals surface area contributed by atoms with E-state index in [1.165, 1.54) is 17.3 Å². The second-order valence-corrected chi connectivity index (χ2v) is 11.2. The van der Waals surface area contributed by atoms with Crippen molar-refractivity contribution in [2.24, 2.45) is 5.92 Å².